The Morgan fingerprint density at radius 1 is 1.19 bits per heavy atom. The minimum Gasteiger partial charge on any atom is -0.389 e. The number of rotatable bonds is 3. The van der Waals surface area contributed by atoms with E-state index in [0.29, 0.717) is 26.9 Å². The SMILES string of the molecule is Cc1ccc(Cl)cc1C(=O)Nc1cc(C(N)=S)ccc1Cl. The predicted octanol–water partition coefficient (Wildman–Crippen LogP) is 4.19. The average molecular weight is 339 g/mol. The van der Waals surface area contributed by atoms with Crippen molar-refractivity contribution in [3.8, 4) is 0 Å². The molecule has 0 heterocycles. The van der Waals surface area contributed by atoms with Crippen LogP contribution >= 0.6 is 35.4 Å². The second kappa shape index (κ2) is 6.43. The van der Waals surface area contributed by atoms with E-state index >= 15 is 0 Å². The summed E-state index contributed by atoms with van der Waals surface area (Å²) in [7, 11) is 0. The lowest BCUT2D eigenvalue weighted by Gasteiger charge is -2.11. The first-order valence-corrected chi connectivity index (χ1v) is 7.22. The average Bonchev–Trinajstić information content (AvgIpc) is 2.43. The summed E-state index contributed by atoms with van der Waals surface area (Å²) < 4.78 is 0. The van der Waals surface area contributed by atoms with E-state index in [1.165, 1.54) is 0 Å². The van der Waals surface area contributed by atoms with Crippen molar-refractivity contribution in [2.45, 2.75) is 6.92 Å². The van der Waals surface area contributed by atoms with Crippen molar-refractivity contribution >= 4 is 52.0 Å². The van der Waals surface area contributed by atoms with Gasteiger partial charge in [-0.2, -0.15) is 0 Å². The molecule has 0 aliphatic carbocycles. The summed E-state index contributed by atoms with van der Waals surface area (Å²) >= 11 is 16.9. The minimum absolute atomic E-state index is 0.237. The van der Waals surface area contributed by atoms with Crippen molar-refractivity contribution in [1.82, 2.24) is 0 Å². The molecule has 0 aromatic heterocycles. The normalized spacial score (nSPS) is 10.2. The molecular formula is C15H12Cl2N2OS. The van der Waals surface area contributed by atoms with Crippen LogP contribution in [0, 0.1) is 6.92 Å². The van der Waals surface area contributed by atoms with Crippen LogP contribution in [0.1, 0.15) is 21.5 Å². The molecule has 0 fully saturated rings. The van der Waals surface area contributed by atoms with Gasteiger partial charge in [0.2, 0.25) is 0 Å². The topological polar surface area (TPSA) is 55.1 Å². The molecule has 0 saturated heterocycles. The van der Waals surface area contributed by atoms with Crippen molar-refractivity contribution in [3.63, 3.8) is 0 Å². The van der Waals surface area contributed by atoms with Crippen molar-refractivity contribution in [2.24, 2.45) is 5.73 Å². The number of anilines is 1. The number of hydrogen-bond acceptors (Lipinski definition) is 2. The van der Waals surface area contributed by atoms with Crippen LogP contribution in [0.4, 0.5) is 5.69 Å². The maximum Gasteiger partial charge on any atom is 0.256 e. The molecule has 0 radical (unpaired) electrons. The first-order chi connectivity index (χ1) is 9.88. The van der Waals surface area contributed by atoms with Crippen molar-refractivity contribution < 1.29 is 4.79 Å². The number of thiocarbonyl (C=S) groups is 1. The van der Waals surface area contributed by atoms with Crippen LogP contribution in [-0.4, -0.2) is 10.9 Å². The Labute approximate surface area is 138 Å². The van der Waals surface area contributed by atoms with Gasteiger partial charge in [0.25, 0.3) is 5.91 Å². The Kier molecular flexibility index (Phi) is 4.83. The smallest absolute Gasteiger partial charge is 0.256 e. The molecule has 0 unspecified atom stereocenters. The fourth-order valence-corrected chi connectivity index (χ4v) is 2.27. The highest BCUT2D eigenvalue weighted by Gasteiger charge is 2.12. The molecule has 1 amide bonds. The number of nitrogens with one attached hydrogen (secondary N) is 1. The van der Waals surface area contributed by atoms with E-state index in [0.717, 1.165) is 5.56 Å². The van der Waals surface area contributed by atoms with Gasteiger partial charge in [-0.1, -0.05) is 47.6 Å². The fraction of sp³-hybridized carbons (Fsp3) is 0.0667. The largest absolute Gasteiger partial charge is 0.389 e. The molecule has 0 aliphatic rings. The summed E-state index contributed by atoms with van der Waals surface area (Å²) in [5.74, 6) is -0.294. The van der Waals surface area contributed by atoms with Crippen LogP contribution in [0.3, 0.4) is 0 Å². The third-order valence-corrected chi connectivity index (χ3v) is 3.74. The van der Waals surface area contributed by atoms with Gasteiger partial charge < -0.3 is 11.1 Å². The Morgan fingerprint density at radius 2 is 1.90 bits per heavy atom. The lowest BCUT2D eigenvalue weighted by Crippen LogP contribution is -2.15. The van der Waals surface area contributed by atoms with Crippen molar-refractivity contribution in [3.05, 3.63) is 63.1 Å². The summed E-state index contributed by atoms with van der Waals surface area (Å²) in [6.45, 7) is 1.83. The number of benzene rings is 2. The van der Waals surface area contributed by atoms with Crippen LogP contribution in [-0.2, 0) is 0 Å². The highest BCUT2D eigenvalue weighted by molar-refractivity contribution is 7.80. The zero-order valence-corrected chi connectivity index (χ0v) is 13.4. The monoisotopic (exact) mass is 338 g/mol. The minimum atomic E-state index is -0.294. The second-order valence-corrected chi connectivity index (χ2v) is 5.76. The molecule has 0 aliphatic heterocycles. The summed E-state index contributed by atoms with van der Waals surface area (Å²) in [6.07, 6.45) is 0. The molecule has 21 heavy (non-hydrogen) atoms. The zero-order chi connectivity index (χ0) is 15.6. The second-order valence-electron chi connectivity index (χ2n) is 4.47. The summed E-state index contributed by atoms with van der Waals surface area (Å²) in [5.41, 5.74) is 7.96. The van der Waals surface area contributed by atoms with Gasteiger partial charge in [0.1, 0.15) is 4.99 Å². The predicted molar refractivity (Wildman–Crippen MR) is 91.5 cm³/mol. The number of halogens is 2. The van der Waals surface area contributed by atoms with Crippen LogP contribution in [0.15, 0.2) is 36.4 Å². The summed E-state index contributed by atoms with van der Waals surface area (Å²) in [4.78, 5) is 12.6. The number of carbonyl (C=O) groups is 1. The van der Waals surface area contributed by atoms with Gasteiger partial charge >= 0.3 is 0 Å². The Morgan fingerprint density at radius 3 is 2.57 bits per heavy atom. The standard InChI is InChI=1S/C15H12Cl2N2OS/c1-8-2-4-10(16)7-11(8)15(20)19-13-6-9(14(18)21)3-5-12(13)17/h2-7H,1H3,(H2,18,21)(H,19,20). The third-order valence-electron chi connectivity index (χ3n) is 2.94. The van der Waals surface area contributed by atoms with E-state index < -0.39 is 0 Å². The molecule has 3 N–H and O–H groups in total. The molecule has 0 saturated carbocycles. The Bertz CT molecular complexity index is 732. The van der Waals surface area contributed by atoms with E-state index in [9.17, 15) is 4.79 Å². The van der Waals surface area contributed by atoms with Crippen molar-refractivity contribution in [1.29, 1.82) is 0 Å². The molecule has 3 nitrogen and oxygen atoms in total. The Hall–Kier alpha value is -1.62. The van der Waals surface area contributed by atoms with Crippen LogP contribution < -0.4 is 11.1 Å². The van der Waals surface area contributed by atoms with E-state index in [2.05, 4.69) is 5.32 Å². The van der Waals surface area contributed by atoms with Gasteiger partial charge in [-0.05, 0) is 36.8 Å². The molecule has 0 bridgehead atoms. The van der Waals surface area contributed by atoms with Gasteiger partial charge in [0.15, 0.2) is 0 Å². The zero-order valence-electron chi connectivity index (χ0n) is 11.1. The quantitative estimate of drug-likeness (QED) is 0.825. The lowest BCUT2D eigenvalue weighted by molar-refractivity contribution is 0.102. The molecule has 0 spiro atoms. The van der Waals surface area contributed by atoms with Gasteiger partial charge in [0.05, 0.1) is 10.7 Å². The molecular weight excluding hydrogens is 327 g/mol. The first-order valence-electron chi connectivity index (χ1n) is 6.05. The van der Waals surface area contributed by atoms with Crippen LogP contribution in [0.2, 0.25) is 10.0 Å². The van der Waals surface area contributed by atoms with Gasteiger partial charge in [-0.3, -0.25) is 4.79 Å². The van der Waals surface area contributed by atoms with Gasteiger partial charge in [-0.25, -0.2) is 0 Å². The van der Waals surface area contributed by atoms with Crippen LogP contribution in [0.5, 0.6) is 0 Å². The molecule has 2 rings (SSSR count). The number of hydrogen-bond donors (Lipinski definition) is 2. The molecule has 2 aromatic carbocycles. The van der Waals surface area contributed by atoms with E-state index in [1.54, 1.807) is 36.4 Å². The Balaban J connectivity index is 2.33. The highest BCUT2D eigenvalue weighted by Crippen LogP contribution is 2.24. The lowest BCUT2D eigenvalue weighted by atomic mass is 10.1. The van der Waals surface area contributed by atoms with Gasteiger partial charge in [0, 0.05) is 16.1 Å². The van der Waals surface area contributed by atoms with E-state index in [1.807, 2.05) is 6.92 Å². The maximum atomic E-state index is 12.3. The van der Waals surface area contributed by atoms with E-state index in [4.69, 9.17) is 41.2 Å². The van der Waals surface area contributed by atoms with Crippen LogP contribution in [0.25, 0.3) is 0 Å². The number of nitrogens with two attached hydrogens (primary N) is 1. The van der Waals surface area contributed by atoms with Crippen molar-refractivity contribution in [2.75, 3.05) is 5.32 Å². The molecule has 0 atom stereocenters. The number of aryl methyl sites for hydroxylation is 1. The van der Waals surface area contributed by atoms with E-state index in [-0.39, 0.29) is 10.9 Å². The molecule has 6 heteroatoms. The summed E-state index contributed by atoms with van der Waals surface area (Å²) in [6, 6.07) is 10.1. The highest BCUT2D eigenvalue weighted by atomic mass is 35.5. The molecule has 2 aromatic rings. The number of carbonyl (C=O) groups excluding carboxylic acids is 1. The fourth-order valence-electron chi connectivity index (χ4n) is 1.80. The van der Waals surface area contributed by atoms with Gasteiger partial charge in [-0.15, -0.1) is 0 Å². The number of amides is 1. The molecule has 108 valence electrons. The summed E-state index contributed by atoms with van der Waals surface area (Å²) in [5, 5.41) is 3.64. The maximum absolute atomic E-state index is 12.3. The first kappa shape index (κ1) is 15.8. The third kappa shape index (κ3) is 3.73.